The van der Waals surface area contributed by atoms with E-state index in [2.05, 4.69) is 5.32 Å². The molecule has 4 heteroatoms. The molecule has 0 radical (unpaired) electrons. The average Bonchev–Trinajstić information content (AvgIpc) is 1.97. The van der Waals surface area contributed by atoms with Crippen LogP contribution in [0.15, 0.2) is 0 Å². The van der Waals surface area contributed by atoms with E-state index in [9.17, 15) is 4.79 Å². The number of ether oxygens (including phenoxy) is 2. The fraction of sp³-hybridized carbons (Fsp3) is 0.875. The van der Waals surface area contributed by atoms with Crippen LogP contribution in [-0.2, 0) is 14.3 Å². The molecule has 4 nitrogen and oxygen atoms in total. The molecule has 0 atom stereocenters. The van der Waals surface area contributed by atoms with Gasteiger partial charge in [0, 0.05) is 20.2 Å². The monoisotopic (exact) mass is 173 g/mol. The van der Waals surface area contributed by atoms with Crippen molar-refractivity contribution in [2.45, 2.75) is 6.92 Å². The quantitative estimate of drug-likeness (QED) is 0.597. The number of methoxy groups -OCH3 is 1. The van der Waals surface area contributed by atoms with E-state index in [4.69, 9.17) is 9.47 Å². The van der Waals surface area contributed by atoms with Gasteiger partial charge in [-0.05, 0) is 6.92 Å². The van der Waals surface area contributed by atoms with Crippen LogP contribution in [0.1, 0.15) is 6.92 Å². The fourth-order valence-corrected chi connectivity index (χ4v) is 1.29. The highest BCUT2D eigenvalue weighted by Crippen LogP contribution is 2.24. The van der Waals surface area contributed by atoms with E-state index in [0.29, 0.717) is 26.3 Å². The predicted octanol–water partition coefficient (Wildman–Crippen LogP) is -0.215. The van der Waals surface area contributed by atoms with E-state index in [1.165, 1.54) is 0 Å². The SMILES string of the molecule is CCOC(=O)C1(COC)CNC1. The van der Waals surface area contributed by atoms with Gasteiger partial charge in [0.15, 0.2) is 0 Å². The topological polar surface area (TPSA) is 47.6 Å². The fourth-order valence-electron chi connectivity index (χ4n) is 1.29. The van der Waals surface area contributed by atoms with Crippen LogP contribution in [0.25, 0.3) is 0 Å². The second-order valence-corrected chi connectivity index (χ2v) is 3.04. The number of nitrogens with one attached hydrogen (secondary N) is 1. The van der Waals surface area contributed by atoms with Crippen LogP contribution >= 0.6 is 0 Å². The van der Waals surface area contributed by atoms with Gasteiger partial charge in [0.2, 0.25) is 0 Å². The molecule has 0 unspecified atom stereocenters. The van der Waals surface area contributed by atoms with Crippen LogP contribution in [0.4, 0.5) is 0 Å². The third kappa shape index (κ3) is 1.59. The first-order valence-corrected chi connectivity index (χ1v) is 4.12. The van der Waals surface area contributed by atoms with Gasteiger partial charge in [-0.15, -0.1) is 0 Å². The highest BCUT2D eigenvalue weighted by molar-refractivity contribution is 5.78. The molecule has 0 saturated carbocycles. The number of hydrogen-bond acceptors (Lipinski definition) is 4. The van der Waals surface area contributed by atoms with E-state index in [-0.39, 0.29) is 5.97 Å². The minimum Gasteiger partial charge on any atom is -0.465 e. The minimum atomic E-state index is -0.412. The molecule has 1 saturated heterocycles. The van der Waals surface area contributed by atoms with E-state index in [1.807, 2.05) is 6.92 Å². The molecule has 70 valence electrons. The highest BCUT2D eigenvalue weighted by Gasteiger charge is 2.45. The lowest BCUT2D eigenvalue weighted by Crippen LogP contribution is -2.61. The van der Waals surface area contributed by atoms with Crippen molar-refractivity contribution in [1.82, 2.24) is 5.32 Å². The summed E-state index contributed by atoms with van der Waals surface area (Å²) in [6.45, 7) is 4.02. The molecule has 0 amide bonds. The van der Waals surface area contributed by atoms with Gasteiger partial charge < -0.3 is 14.8 Å². The zero-order valence-corrected chi connectivity index (χ0v) is 7.55. The number of hydrogen-bond donors (Lipinski definition) is 1. The first-order chi connectivity index (χ1) is 5.75. The number of carbonyl (C=O) groups excluding carboxylic acids is 1. The number of rotatable bonds is 4. The van der Waals surface area contributed by atoms with Crippen LogP contribution < -0.4 is 5.32 Å². The zero-order chi connectivity index (χ0) is 9.03. The van der Waals surface area contributed by atoms with Crippen molar-refractivity contribution in [3.63, 3.8) is 0 Å². The van der Waals surface area contributed by atoms with Crippen molar-refractivity contribution in [3.05, 3.63) is 0 Å². The average molecular weight is 173 g/mol. The maximum atomic E-state index is 11.4. The van der Waals surface area contributed by atoms with Gasteiger partial charge in [-0.2, -0.15) is 0 Å². The third-order valence-electron chi connectivity index (χ3n) is 2.06. The van der Waals surface area contributed by atoms with Crippen molar-refractivity contribution >= 4 is 5.97 Å². The molecule has 1 rings (SSSR count). The van der Waals surface area contributed by atoms with E-state index < -0.39 is 5.41 Å². The van der Waals surface area contributed by atoms with Crippen LogP contribution in [0, 0.1) is 5.41 Å². The molecule has 1 N–H and O–H groups in total. The van der Waals surface area contributed by atoms with Gasteiger partial charge in [-0.25, -0.2) is 0 Å². The Morgan fingerprint density at radius 2 is 2.25 bits per heavy atom. The molecule has 1 aliphatic heterocycles. The molecule has 0 aromatic carbocycles. The summed E-state index contributed by atoms with van der Waals surface area (Å²) in [7, 11) is 1.60. The van der Waals surface area contributed by atoms with Crippen molar-refractivity contribution in [2.75, 3.05) is 33.4 Å². The molecule has 0 aliphatic carbocycles. The molecular weight excluding hydrogens is 158 g/mol. The smallest absolute Gasteiger partial charge is 0.317 e. The van der Waals surface area contributed by atoms with Gasteiger partial charge in [-0.3, -0.25) is 4.79 Å². The van der Waals surface area contributed by atoms with Crippen molar-refractivity contribution in [3.8, 4) is 0 Å². The third-order valence-corrected chi connectivity index (χ3v) is 2.06. The lowest BCUT2D eigenvalue weighted by atomic mass is 9.83. The second kappa shape index (κ2) is 3.87. The first kappa shape index (κ1) is 9.48. The largest absolute Gasteiger partial charge is 0.465 e. The molecule has 0 bridgehead atoms. The summed E-state index contributed by atoms with van der Waals surface area (Å²) in [5, 5.41) is 3.05. The zero-order valence-electron chi connectivity index (χ0n) is 7.55. The Morgan fingerprint density at radius 1 is 1.58 bits per heavy atom. The van der Waals surface area contributed by atoms with E-state index >= 15 is 0 Å². The molecule has 0 aromatic rings. The molecule has 0 aromatic heterocycles. The summed E-state index contributed by atoms with van der Waals surface area (Å²) in [5.74, 6) is -0.148. The number of carbonyl (C=O) groups is 1. The van der Waals surface area contributed by atoms with Crippen LogP contribution in [0.2, 0.25) is 0 Å². The van der Waals surface area contributed by atoms with Gasteiger partial charge in [0.05, 0.1) is 13.2 Å². The van der Waals surface area contributed by atoms with Gasteiger partial charge in [0.1, 0.15) is 5.41 Å². The highest BCUT2D eigenvalue weighted by atomic mass is 16.5. The summed E-state index contributed by atoms with van der Waals surface area (Å²) in [6.07, 6.45) is 0. The summed E-state index contributed by atoms with van der Waals surface area (Å²) < 4.78 is 9.92. The van der Waals surface area contributed by atoms with Gasteiger partial charge >= 0.3 is 5.97 Å². The van der Waals surface area contributed by atoms with Crippen molar-refractivity contribution in [1.29, 1.82) is 0 Å². The number of esters is 1. The summed E-state index contributed by atoms with van der Waals surface area (Å²) in [6, 6.07) is 0. The molecular formula is C8H15NO3. The summed E-state index contributed by atoms with van der Waals surface area (Å²) >= 11 is 0. The minimum absolute atomic E-state index is 0.148. The Balaban J connectivity index is 2.47. The van der Waals surface area contributed by atoms with E-state index in [0.717, 1.165) is 0 Å². The Hall–Kier alpha value is -0.610. The maximum absolute atomic E-state index is 11.4. The van der Waals surface area contributed by atoms with Gasteiger partial charge in [-0.1, -0.05) is 0 Å². The second-order valence-electron chi connectivity index (χ2n) is 3.04. The molecule has 12 heavy (non-hydrogen) atoms. The predicted molar refractivity (Wildman–Crippen MR) is 43.8 cm³/mol. The standard InChI is InChI=1S/C8H15NO3/c1-3-12-7(10)8(6-11-2)4-9-5-8/h9H,3-6H2,1-2H3. The first-order valence-electron chi connectivity index (χ1n) is 4.12. The van der Waals surface area contributed by atoms with Crippen LogP contribution in [0.5, 0.6) is 0 Å². The molecule has 1 fully saturated rings. The molecule has 1 heterocycles. The Kier molecular flexibility index (Phi) is 3.05. The molecule has 0 spiro atoms. The summed E-state index contributed by atoms with van der Waals surface area (Å²) in [4.78, 5) is 11.4. The van der Waals surface area contributed by atoms with Crippen molar-refractivity contribution < 1.29 is 14.3 Å². The van der Waals surface area contributed by atoms with Crippen molar-refractivity contribution in [2.24, 2.45) is 5.41 Å². The molecule has 1 aliphatic rings. The Labute approximate surface area is 72.2 Å². The van der Waals surface area contributed by atoms with Crippen LogP contribution in [0.3, 0.4) is 0 Å². The lowest BCUT2D eigenvalue weighted by molar-refractivity contribution is -0.162. The maximum Gasteiger partial charge on any atom is 0.317 e. The Morgan fingerprint density at radius 3 is 2.58 bits per heavy atom. The van der Waals surface area contributed by atoms with Gasteiger partial charge in [0.25, 0.3) is 0 Å². The van der Waals surface area contributed by atoms with E-state index in [1.54, 1.807) is 7.11 Å². The summed E-state index contributed by atoms with van der Waals surface area (Å²) in [5.41, 5.74) is -0.412. The Bertz CT molecular complexity index is 166. The van der Waals surface area contributed by atoms with Crippen LogP contribution in [-0.4, -0.2) is 39.4 Å². The normalized spacial score (nSPS) is 19.8. The lowest BCUT2D eigenvalue weighted by Gasteiger charge is -2.39.